The number of halogens is 2. The second kappa shape index (κ2) is 7.28. The fourth-order valence-electron chi connectivity index (χ4n) is 2.80. The lowest BCUT2D eigenvalue weighted by Crippen LogP contribution is -2.38. The fraction of sp³-hybridized carbons (Fsp3) is 0.294. The molecule has 0 aliphatic carbocycles. The SMILES string of the molecule is O=C(N[C@H](CN1CCCC1=O)c1ccccc1)c1cc(Cl)c(Cl)[nH]1. The maximum atomic E-state index is 12.5. The van der Waals surface area contributed by atoms with Crippen LogP contribution in [0.3, 0.4) is 0 Å². The first-order chi connectivity index (χ1) is 11.5. The number of carbonyl (C=O) groups excluding carboxylic acids is 2. The molecule has 1 aromatic heterocycles. The monoisotopic (exact) mass is 365 g/mol. The highest BCUT2D eigenvalue weighted by Gasteiger charge is 2.26. The summed E-state index contributed by atoms with van der Waals surface area (Å²) in [5.41, 5.74) is 1.23. The lowest BCUT2D eigenvalue weighted by Gasteiger charge is -2.25. The molecule has 1 saturated heterocycles. The molecule has 0 saturated carbocycles. The van der Waals surface area contributed by atoms with E-state index in [9.17, 15) is 9.59 Å². The Labute approximate surface area is 149 Å². The van der Waals surface area contributed by atoms with Crippen LogP contribution in [0.2, 0.25) is 10.2 Å². The number of carbonyl (C=O) groups is 2. The van der Waals surface area contributed by atoms with Gasteiger partial charge in [-0.3, -0.25) is 9.59 Å². The van der Waals surface area contributed by atoms with Gasteiger partial charge >= 0.3 is 0 Å². The lowest BCUT2D eigenvalue weighted by atomic mass is 10.1. The van der Waals surface area contributed by atoms with Crippen LogP contribution in [0.25, 0.3) is 0 Å². The Morgan fingerprint density at radius 3 is 2.62 bits per heavy atom. The van der Waals surface area contributed by atoms with Gasteiger partial charge < -0.3 is 15.2 Å². The molecule has 1 fully saturated rings. The lowest BCUT2D eigenvalue weighted by molar-refractivity contribution is -0.128. The minimum absolute atomic E-state index is 0.121. The molecule has 1 aliphatic heterocycles. The molecule has 0 unspecified atom stereocenters. The van der Waals surface area contributed by atoms with Gasteiger partial charge in [-0.05, 0) is 18.1 Å². The highest BCUT2D eigenvalue weighted by molar-refractivity contribution is 6.41. The van der Waals surface area contributed by atoms with Crippen LogP contribution in [0.1, 0.15) is 34.9 Å². The van der Waals surface area contributed by atoms with Crippen molar-refractivity contribution in [3.8, 4) is 0 Å². The van der Waals surface area contributed by atoms with Crippen LogP contribution in [-0.2, 0) is 4.79 Å². The second-order valence-electron chi connectivity index (χ2n) is 5.72. The average Bonchev–Trinajstić information content (AvgIpc) is 3.13. The first kappa shape index (κ1) is 16.9. The summed E-state index contributed by atoms with van der Waals surface area (Å²) in [6, 6.07) is 10.8. The number of nitrogens with one attached hydrogen (secondary N) is 2. The minimum Gasteiger partial charge on any atom is -0.342 e. The van der Waals surface area contributed by atoms with Crippen LogP contribution in [0.5, 0.6) is 0 Å². The first-order valence-corrected chi connectivity index (χ1v) is 8.48. The molecule has 2 N–H and O–H groups in total. The zero-order valence-corrected chi connectivity index (χ0v) is 14.4. The number of rotatable bonds is 5. The van der Waals surface area contributed by atoms with Gasteiger partial charge in [0, 0.05) is 19.5 Å². The van der Waals surface area contributed by atoms with Gasteiger partial charge in [-0.2, -0.15) is 0 Å². The molecule has 3 rings (SSSR count). The molecule has 0 radical (unpaired) electrons. The average molecular weight is 366 g/mol. The maximum Gasteiger partial charge on any atom is 0.268 e. The van der Waals surface area contributed by atoms with Gasteiger partial charge in [0.15, 0.2) is 0 Å². The Hall–Kier alpha value is -1.98. The van der Waals surface area contributed by atoms with Gasteiger partial charge in [-0.1, -0.05) is 53.5 Å². The van der Waals surface area contributed by atoms with Crippen LogP contribution < -0.4 is 5.32 Å². The third kappa shape index (κ3) is 3.74. The van der Waals surface area contributed by atoms with Crippen LogP contribution in [0.15, 0.2) is 36.4 Å². The van der Waals surface area contributed by atoms with Gasteiger partial charge in [0.25, 0.3) is 5.91 Å². The largest absolute Gasteiger partial charge is 0.342 e. The number of hydrogen-bond acceptors (Lipinski definition) is 2. The van der Waals surface area contributed by atoms with E-state index < -0.39 is 0 Å². The number of amides is 2. The van der Waals surface area contributed by atoms with E-state index in [1.54, 1.807) is 4.90 Å². The summed E-state index contributed by atoms with van der Waals surface area (Å²) in [5.74, 6) is -0.194. The van der Waals surface area contributed by atoms with Gasteiger partial charge in [-0.15, -0.1) is 0 Å². The Kier molecular flexibility index (Phi) is 5.11. The number of nitrogens with zero attached hydrogens (tertiary/aromatic N) is 1. The van der Waals surface area contributed by atoms with E-state index in [2.05, 4.69) is 10.3 Å². The fourth-order valence-corrected chi connectivity index (χ4v) is 3.11. The highest BCUT2D eigenvalue weighted by Crippen LogP contribution is 2.23. The van der Waals surface area contributed by atoms with Crippen molar-refractivity contribution in [3.05, 3.63) is 57.8 Å². The molecule has 2 amide bonds. The summed E-state index contributed by atoms with van der Waals surface area (Å²) in [6.45, 7) is 1.16. The Morgan fingerprint density at radius 1 is 1.29 bits per heavy atom. The molecule has 1 aliphatic rings. The zero-order chi connectivity index (χ0) is 17.1. The predicted molar refractivity (Wildman–Crippen MR) is 93.3 cm³/mol. The Morgan fingerprint density at radius 2 is 2.04 bits per heavy atom. The summed E-state index contributed by atoms with van der Waals surface area (Å²) in [6.07, 6.45) is 1.42. The Balaban J connectivity index is 1.79. The van der Waals surface area contributed by atoms with Crippen molar-refractivity contribution in [1.29, 1.82) is 0 Å². The van der Waals surface area contributed by atoms with E-state index >= 15 is 0 Å². The van der Waals surface area contributed by atoms with Crippen molar-refractivity contribution in [1.82, 2.24) is 15.2 Å². The number of benzene rings is 1. The van der Waals surface area contributed by atoms with E-state index in [4.69, 9.17) is 23.2 Å². The second-order valence-corrected chi connectivity index (χ2v) is 6.51. The number of hydrogen-bond donors (Lipinski definition) is 2. The van der Waals surface area contributed by atoms with Crippen molar-refractivity contribution in [2.75, 3.05) is 13.1 Å². The van der Waals surface area contributed by atoms with Crippen molar-refractivity contribution in [2.24, 2.45) is 0 Å². The molecule has 2 heterocycles. The van der Waals surface area contributed by atoms with Gasteiger partial charge in [-0.25, -0.2) is 0 Å². The van der Waals surface area contributed by atoms with E-state index in [0.29, 0.717) is 23.7 Å². The van der Waals surface area contributed by atoms with Gasteiger partial charge in [0.05, 0.1) is 11.1 Å². The molecule has 7 heteroatoms. The van der Waals surface area contributed by atoms with Crippen molar-refractivity contribution < 1.29 is 9.59 Å². The molecule has 0 spiro atoms. The molecular weight excluding hydrogens is 349 g/mol. The van der Waals surface area contributed by atoms with Gasteiger partial charge in [0.2, 0.25) is 5.91 Å². The van der Waals surface area contributed by atoms with Crippen LogP contribution in [0, 0.1) is 0 Å². The van der Waals surface area contributed by atoms with Crippen LogP contribution in [0.4, 0.5) is 0 Å². The summed E-state index contributed by atoms with van der Waals surface area (Å²) >= 11 is 11.8. The minimum atomic E-state index is -0.315. The standard InChI is InChI=1S/C17H17Cl2N3O2/c18-12-9-13(20-16(12)19)17(24)21-14(11-5-2-1-3-6-11)10-22-8-4-7-15(22)23/h1-3,5-6,9,14,20H,4,7-8,10H2,(H,21,24)/t14-/m1/s1. The third-order valence-electron chi connectivity index (χ3n) is 4.05. The van der Waals surface area contributed by atoms with Gasteiger partial charge in [0.1, 0.15) is 10.8 Å². The third-order valence-corrected chi connectivity index (χ3v) is 4.74. The van der Waals surface area contributed by atoms with E-state index in [1.165, 1.54) is 6.07 Å². The van der Waals surface area contributed by atoms with Crippen LogP contribution >= 0.6 is 23.2 Å². The number of likely N-dealkylation sites (tertiary alicyclic amines) is 1. The number of H-pyrrole nitrogens is 1. The van der Waals surface area contributed by atoms with E-state index in [0.717, 1.165) is 18.5 Å². The van der Waals surface area contributed by atoms with Crippen LogP contribution in [-0.4, -0.2) is 34.8 Å². The summed E-state index contributed by atoms with van der Waals surface area (Å²) in [5, 5.41) is 3.48. The molecule has 1 atom stereocenters. The van der Waals surface area contributed by atoms with Crippen molar-refractivity contribution in [2.45, 2.75) is 18.9 Å². The number of aromatic amines is 1. The Bertz CT molecular complexity index is 726. The molecule has 126 valence electrons. The molecule has 0 bridgehead atoms. The quantitative estimate of drug-likeness (QED) is 0.852. The predicted octanol–water partition coefficient (Wildman–Crippen LogP) is 3.42. The summed E-state index contributed by atoms with van der Waals surface area (Å²) < 4.78 is 0. The molecule has 1 aromatic carbocycles. The molecule has 5 nitrogen and oxygen atoms in total. The molecular formula is C17H17Cl2N3O2. The summed E-state index contributed by atoms with van der Waals surface area (Å²) in [7, 11) is 0. The molecule has 2 aromatic rings. The maximum absolute atomic E-state index is 12.5. The molecule has 24 heavy (non-hydrogen) atoms. The number of aromatic nitrogens is 1. The van der Waals surface area contributed by atoms with E-state index in [-0.39, 0.29) is 23.0 Å². The first-order valence-electron chi connectivity index (χ1n) is 7.72. The smallest absolute Gasteiger partial charge is 0.268 e. The van der Waals surface area contributed by atoms with Crippen molar-refractivity contribution in [3.63, 3.8) is 0 Å². The van der Waals surface area contributed by atoms with Crippen molar-refractivity contribution >= 4 is 35.0 Å². The zero-order valence-electron chi connectivity index (χ0n) is 12.9. The topological polar surface area (TPSA) is 65.2 Å². The summed E-state index contributed by atoms with van der Waals surface area (Å²) in [4.78, 5) is 28.9. The van der Waals surface area contributed by atoms with E-state index in [1.807, 2.05) is 30.3 Å². The normalized spacial score (nSPS) is 15.6. The highest BCUT2D eigenvalue weighted by atomic mass is 35.5.